The van der Waals surface area contributed by atoms with E-state index in [1.54, 1.807) is 11.9 Å². The minimum Gasteiger partial charge on any atom is -0.389 e. The fraction of sp³-hybridized carbons (Fsp3) is 0.941. The Morgan fingerprint density at radius 3 is 2.62 bits per heavy atom. The Balaban J connectivity index is 0.00000288. The van der Waals surface area contributed by atoms with Gasteiger partial charge >= 0.3 is 0 Å². The van der Waals surface area contributed by atoms with Crippen LogP contribution < -0.4 is 5.32 Å². The molecule has 6 nitrogen and oxygen atoms in total. The van der Waals surface area contributed by atoms with E-state index in [1.807, 2.05) is 13.8 Å². The van der Waals surface area contributed by atoms with E-state index in [-0.39, 0.29) is 42.4 Å². The highest BCUT2D eigenvalue weighted by atomic mass is 35.5. The summed E-state index contributed by atoms with van der Waals surface area (Å²) in [6.45, 7) is 7.53. The molecule has 1 aliphatic heterocycles. The first kappa shape index (κ1) is 21.6. The van der Waals surface area contributed by atoms with Gasteiger partial charge < -0.3 is 24.8 Å². The van der Waals surface area contributed by atoms with Crippen molar-refractivity contribution < 1.29 is 19.4 Å². The van der Waals surface area contributed by atoms with Gasteiger partial charge in [-0.15, -0.1) is 12.4 Å². The summed E-state index contributed by atoms with van der Waals surface area (Å²) in [6, 6.07) is 0. The van der Waals surface area contributed by atoms with E-state index in [4.69, 9.17) is 9.47 Å². The van der Waals surface area contributed by atoms with Crippen LogP contribution >= 0.6 is 12.4 Å². The Hall–Kier alpha value is -0.400. The van der Waals surface area contributed by atoms with Crippen molar-refractivity contribution in [3.8, 4) is 0 Å². The van der Waals surface area contributed by atoms with Crippen molar-refractivity contribution >= 4 is 18.3 Å². The van der Waals surface area contributed by atoms with E-state index < -0.39 is 6.10 Å². The lowest BCUT2D eigenvalue weighted by Gasteiger charge is -2.26. The molecule has 1 heterocycles. The number of carbonyl (C=O) groups excluding carboxylic acids is 1. The number of ether oxygens (including phenoxy) is 2. The second-order valence-electron chi connectivity index (χ2n) is 7.24. The van der Waals surface area contributed by atoms with Gasteiger partial charge in [-0.3, -0.25) is 4.79 Å². The predicted molar refractivity (Wildman–Crippen MR) is 95.4 cm³/mol. The van der Waals surface area contributed by atoms with E-state index in [0.29, 0.717) is 19.8 Å². The van der Waals surface area contributed by atoms with Crippen LogP contribution in [0.15, 0.2) is 0 Å². The van der Waals surface area contributed by atoms with Crippen molar-refractivity contribution in [2.24, 2.45) is 11.3 Å². The molecule has 24 heavy (non-hydrogen) atoms. The molecule has 1 saturated heterocycles. The highest BCUT2D eigenvalue weighted by Crippen LogP contribution is 2.59. The molecule has 2 N–H and O–H groups in total. The molecule has 0 aromatic rings. The Bertz CT molecular complexity index is 389. The molecule has 1 amide bonds. The number of piperidine rings is 1. The summed E-state index contributed by atoms with van der Waals surface area (Å²) in [6.07, 6.45) is 2.74. The molecule has 2 rings (SSSR count). The molecule has 1 saturated carbocycles. The number of aliphatic hydroxyl groups excluding tert-OH is 1. The zero-order valence-corrected chi connectivity index (χ0v) is 15.9. The number of carbonyl (C=O) groups is 1. The molecular weight excluding hydrogens is 332 g/mol. The van der Waals surface area contributed by atoms with Crippen LogP contribution in [0.3, 0.4) is 0 Å². The maximum absolute atomic E-state index is 12.5. The van der Waals surface area contributed by atoms with Crippen LogP contribution in [0.25, 0.3) is 0 Å². The minimum atomic E-state index is -0.647. The summed E-state index contributed by atoms with van der Waals surface area (Å²) >= 11 is 0. The molecule has 2 unspecified atom stereocenters. The Morgan fingerprint density at radius 1 is 1.33 bits per heavy atom. The average molecular weight is 365 g/mol. The van der Waals surface area contributed by atoms with Gasteiger partial charge in [0, 0.05) is 19.5 Å². The van der Waals surface area contributed by atoms with Crippen molar-refractivity contribution in [3.63, 3.8) is 0 Å². The van der Waals surface area contributed by atoms with Gasteiger partial charge in [0.05, 0.1) is 32.0 Å². The Labute approximate surface area is 151 Å². The van der Waals surface area contributed by atoms with Crippen molar-refractivity contribution in [2.75, 3.05) is 46.5 Å². The summed E-state index contributed by atoms with van der Waals surface area (Å²) in [7, 11) is 1.78. The molecular formula is C17H33ClN2O4. The van der Waals surface area contributed by atoms with Gasteiger partial charge in [-0.05, 0) is 51.6 Å². The molecule has 0 aromatic heterocycles. The number of likely N-dealkylation sites (N-methyl/N-ethyl adjacent to an activating group) is 1. The molecule has 2 fully saturated rings. The third-order valence-corrected chi connectivity index (χ3v) is 4.94. The van der Waals surface area contributed by atoms with Gasteiger partial charge in [0.25, 0.3) is 0 Å². The van der Waals surface area contributed by atoms with Crippen molar-refractivity contribution in [3.05, 3.63) is 0 Å². The molecule has 2 aliphatic rings. The third-order valence-electron chi connectivity index (χ3n) is 4.94. The SMILES string of the molecule is CC(C)OCCOCC(O)CN(C)C(=O)C1CC12CCNCC2.Cl. The van der Waals surface area contributed by atoms with Crippen LogP contribution in [-0.4, -0.2) is 74.6 Å². The van der Waals surface area contributed by atoms with Crippen LogP contribution in [0, 0.1) is 11.3 Å². The lowest BCUT2D eigenvalue weighted by Crippen LogP contribution is -2.39. The second kappa shape index (κ2) is 9.92. The van der Waals surface area contributed by atoms with Gasteiger partial charge in [0.1, 0.15) is 0 Å². The summed E-state index contributed by atoms with van der Waals surface area (Å²) in [5, 5.41) is 13.4. The summed E-state index contributed by atoms with van der Waals surface area (Å²) in [5.74, 6) is 0.330. The molecule has 0 aromatic carbocycles. The standard InChI is InChI=1S/C17H32N2O4.ClH/c1-13(2)23-9-8-22-12-14(20)11-19(3)16(21)15-10-17(15)4-6-18-7-5-17;/h13-15,18,20H,4-12H2,1-3H3;1H. The monoisotopic (exact) mass is 364 g/mol. The fourth-order valence-corrected chi connectivity index (χ4v) is 3.46. The number of amides is 1. The lowest BCUT2D eigenvalue weighted by molar-refractivity contribution is -0.134. The second-order valence-corrected chi connectivity index (χ2v) is 7.24. The first-order valence-corrected chi connectivity index (χ1v) is 8.78. The van der Waals surface area contributed by atoms with Crippen molar-refractivity contribution in [1.29, 1.82) is 0 Å². The Kier molecular flexibility index (Phi) is 8.95. The van der Waals surface area contributed by atoms with Crippen LogP contribution in [0.1, 0.15) is 33.1 Å². The Morgan fingerprint density at radius 2 is 2.00 bits per heavy atom. The van der Waals surface area contributed by atoms with Gasteiger partial charge in [0.15, 0.2) is 0 Å². The number of hydrogen-bond acceptors (Lipinski definition) is 5. The first-order valence-electron chi connectivity index (χ1n) is 8.78. The highest BCUT2D eigenvalue weighted by molar-refractivity contribution is 5.85. The third kappa shape index (κ3) is 6.15. The van der Waals surface area contributed by atoms with E-state index in [1.165, 1.54) is 0 Å². The van der Waals surface area contributed by atoms with Gasteiger partial charge in [-0.2, -0.15) is 0 Å². The number of halogens is 1. The molecule has 1 aliphatic carbocycles. The molecule has 142 valence electrons. The first-order chi connectivity index (χ1) is 10.9. The fourth-order valence-electron chi connectivity index (χ4n) is 3.46. The van der Waals surface area contributed by atoms with Gasteiger partial charge in [-0.25, -0.2) is 0 Å². The zero-order chi connectivity index (χ0) is 16.9. The number of nitrogens with zero attached hydrogens (tertiary/aromatic N) is 1. The van der Waals surface area contributed by atoms with Crippen molar-refractivity contribution in [2.45, 2.75) is 45.3 Å². The minimum absolute atomic E-state index is 0. The van der Waals surface area contributed by atoms with E-state index in [9.17, 15) is 9.90 Å². The molecule has 2 atom stereocenters. The highest BCUT2D eigenvalue weighted by Gasteiger charge is 2.58. The summed E-state index contributed by atoms with van der Waals surface area (Å²) < 4.78 is 10.8. The number of rotatable bonds is 9. The normalized spacial score (nSPS) is 23.0. The average Bonchev–Trinajstić information content (AvgIpc) is 3.19. The van der Waals surface area contributed by atoms with Crippen molar-refractivity contribution in [1.82, 2.24) is 10.2 Å². The molecule has 0 radical (unpaired) electrons. The van der Waals surface area contributed by atoms with E-state index in [2.05, 4.69) is 5.32 Å². The number of aliphatic hydroxyl groups is 1. The van der Waals surface area contributed by atoms with Gasteiger partial charge in [-0.1, -0.05) is 0 Å². The summed E-state index contributed by atoms with van der Waals surface area (Å²) in [4.78, 5) is 14.2. The molecule has 0 bridgehead atoms. The van der Waals surface area contributed by atoms with Crippen LogP contribution in [0.5, 0.6) is 0 Å². The molecule has 1 spiro atoms. The number of hydrogen-bond donors (Lipinski definition) is 2. The summed E-state index contributed by atoms with van der Waals surface area (Å²) in [5.41, 5.74) is 0.242. The topological polar surface area (TPSA) is 71.0 Å². The van der Waals surface area contributed by atoms with Crippen LogP contribution in [0.2, 0.25) is 0 Å². The maximum Gasteiger partial charge on any atom is 0.226 e. The quantitative estimate of drug-likeness (QED) is 0.599. The maximum atomic E-state index is 12.5. The predicted octanol–water partition coefficient (Wildman–Crippen LogP) is 1.06. The number of nitrogens with one attached hydrogen (secondary N) is 1. The van der Waals surface area contributed by atoms with E-state index in [0.717, 1.165) is 32.4 Å². The zero-order valence-electron chi connectivity index (χ0n) is 15.1. The van der Waals surface area contributed by atoms with Gasteiger partial charge in [0.2, 0.25) is 5.91 Å². The van der Waals surface area contributed by atoms with Crippen LogP contribution in [-0.2, 0) is 14.3 Å². The van der Waals surface area contributed by atoms with E-state index >= 15 is 0 Å². The smallest absolute Gasteiger partial charge is 0.226 e. The largest absolute Gasteiger partial charge is 0.389 e. The van der Waals surface area contributed by atoms with Crippen LogP contribution in [0.4, 0.5) is 0 Å². The molecule has 7 heteroatoms. The lowest BCUT2D eigenvalue weighted by atomic mass is 9.91.